The van der Waals surface area contributed by atoms with E-state index in [9.17, 15) is 4.79 Å². The van der Waals surface area contributed by atoms with Gasteiger partial charge in [-0.15, -0.1) is 0 Å². The molecule has 1 aliphatic rings. The van der Waals surface area contributed by atoms with Crippen molar-refractivity contribution in [3.63, 3.8) is 0 Å². The summed E-state index contributed by atoms with van der Waals surface area (Å²) in [5, 5.41) is 3.32. The van der Waals surface area contributed by atoms with Gasteiger partial charge < -0.3 is 9.64 Å². The summed E-state index contributed by atoms with van der Waals surface area (Å²) in [5.41, 5.74) is 4.70. The van der Waals surface area contributed by atoms with Gasteiger partial charge in [-0.05, 0) is 41.5 Å². The van der Waals surface area contributed by atoms with Gasteiger partial charge in [-0.1, -0.05) is 48.5 Å². The van der Waals surface area contributed by atoms with Crippen molar-refractivity contribution in [1.29, 1.82) is 0 Å². The highest BCUT2D eigenvalue weighted by Crippen LogP contribution is 2.34. The van der Waals surface area contributed by atoms with Crippen LogP contribution in [0.2, 0.25) is 0 Å². The number of carbonyl (C=O) groups excluding carboxylic acids is 1. The van der Waals surface area contributed by atoms with Crippen LogP contribution in [0.4, 0.5) is 0 Å². The fourth-order valence-corrected chi connectivity index (χ4v) is 4.07. The Morgan fingerprint density at radius 2 is 1.69 bits per heavy atom. The van der Waals surface area contributed by atoms with Gasteiger partial charge in [-0.3, -0.25) is 9.78 Å². The third kappa shape index (κ3) is 3.26. The maximum Gasteiger partial charge on any atom is 0.254 e. The molecule has 0 radical (unpaired) electrons. The van der Waals surface area contributed by atoms with Crippen LogP contribution in [0.25, 0.3) is 32.8 Å². The second-order valence-corrected chi connectivity index (χ2v) is 7.48. The minimum Gasteiger partial charge on any atom is -0.378 e. The van der Waals surface area contributed by atoms with E-state index in [4.69, 9.17) is 9.72 Å². The van der Waals surface area contributed by atoms with E-state index in [1.807, 2.05) is 36.1 Å². The largest absolute Gasteiger partial charge is 0.378 e. The number of amides is 1. The first-order chi connectivity index (χ1) is 14.2. The number of morpholine rings is 1. The van der Waals surface area contributed by atoms with Gasteiger partial charge in [0.2, 0.25) is 0 Å². The van der Waals surface area contributed by atoms with Crippen molar-refractivity contribution < 1.29 is 9.53 Å². The molecule has 0 aliphatic carbocycles. The van der Waals surface area contributed by atoms with Crippen LogP contribution in [0.5, 0.6) is 0 Å². The number of carbonyl (C=O) groups is 1. The number of pyridine rings is 1. The molecule has 2 heterocycles. The van der Waals surface area contributed by atoms with Gasteiger partial charge >= 0.3 is 0 Å². The Balaban J connectivity index is 1.74. The molecule has 0 saturated carbocycles. The van der Waals surface area contributed by atoms with Crippen LogP contribution in [0.3, 0.4) is 0 Å². The summed E-state index contributed by atoms with van der Waals surface area (Å²) in [6.45, 7) is 4.45. The lowest BCUT2D eigenvalue weighted by atomic mass is 9.94. The van der Waals surface area contributed by atoms with Crippen molar-refractivity contribution in [3.05, 3.63) is 78.0 Å². The van der Waals surface area contributed by atoms with E-state index in [1.165, 1.54) is 5.39 Å². The smallest absolute Gasteiger partial charge is 0.254 e. The van der Waals surface area contributed by atoms with Gasteiger partial charge in [-0.25, -0.2) is 0 Å². The molecule has 4 nitrogen and oxygen atoms in total. The quantitative estimate of drug-likeness (QED) is 0.498. The lowest BCUT2D eigenvalue weighted by Gasteiger charge is -2.27. The summed E-state index contributed by atoms with van der Waals surface area (Å²) >= 11 is 0. The number of aromatic nitrogens is 1. The van der Waals surface area contributed by atoms with Gasteiger partial charge in [0, 0.05) is 35.3 Å². The molecular formula is C25H22N2O2. The first kappa shape index (κ1) is 17.8. The highest BCUT2D eigenvalue weighted by atomic mass is 16.5. The number of benzene rings is 3. The standard InChI is InChI=1S/C25H22N2O2/c1-17-9-10-19-15-20(25(28)27-11-13-29-14-12-27)16-23(24(19)26-17)22-8-4-6-18-5-2-3-7-21(18)22/h2-10,15-16H,11-14H2,1H3. The van der Waals surface area contributed by atoms with Gasteiger partial charge in [0.25, 0.3) is 5.91 Å². The Labute approximate surface area is 169 Å². The van der Waals surface area contributed by atoms with E-state index in [-0.39, 0.29) is 5.91 Å². The maximum atomic E-state index is 13.2. The Morgan fingerprint density at radius 3 is 2.55 bits per heavy atom. The van der Waals surface area contributed by atoms with Crippen LogP contribution in [0.15, 0.2) is 66.7 Å². The monoisotopic (exact) mass is 382 g/mol. The molecule has 3 aromatic carbocycles. The Bertz CT molecular complexity index is 1220. The predicted octanol–water partition coefficient (Wildman–Crippen LogP) is 4.84. The van der Waals surface area contributed by atoms with Gasteiger partial charge in [-0.2, -0.15) is 0 Å². The van der Waals surface area contributed by atoms with E-state index in [1.54, 1.807) is 0 Å². The Hall–Kier alpha value is -3.24. The van der Waals surface area contributed by atoms with Crippen molar-refractivity contribution in [2.24, 2.45) is 0 Å². The highest BCUT2D eigenvalue weighted by molar-refractivity contribution is 6.08. The van der Waals surface area contributed by atoms with E-state index in [0.29, 0.717) is 31.9 Å². The van der Waals surface area contributed by atoms with Crippen LogP contribution >= 0.6 is 0 Å². The third-order valence-corrected chi connectivity index (χ3v) is 5.56. The summed E-state index contributed by atoms with van der Waals surface area (Å²) in [6.07, 6.45) is 0. The highest BCUT2D eigenvalue weighted by Gasteiger charge is 2.21. The predicted molar refractivity (Wildman–Crippen MR) is 116 cm³/mol. The molecule has 1 saturated heterocycles. The van der Waals surface area contributed by atoms with Crippen molar-refractivity contribution >= 4 is 27.6 Å². The second-order valence-electron chi connectivity index (χ2n) is 7.48. The molecule has 1 fully saturated rings. The van der Waals surface area contributed by atoms with Gasteiger partial charge in [0.05, 0.1) is 18.7 Å². The van der Waals surface area contributed by atoms with Crippen molar-refractivity contribution in [3.8, 4) is 11.1 Å². The van der Waals surface area contributed by atoms with Gasteiger partial charge in [0.1, 0.15) is 0 Å². The van der Waals surface area contributed by atoms with E-state index >= 15 is 0 Å². The van der Waals surface area contributed by atoms with E-state index in [0.717, 1.165) is 33.1 Å². The van der Waals surface area contributed by atoms with Crippen LogP contribution in [0, 0.1) is 6.92 Å². The van der Waals surface area contributed by atoms with E-state index in [2.05, 4.69) is 42.5 Å². The fourth-order valence-electron chi connectivity index (χ4n) is 4.07. The maximum absolute atomic E-state index is 13.2. The first-order valence-electron chi connectivity index (χ1n) is 9.97. The average Bonchev–Trinajstić information content (AvgIpc) is 2.78. The van der Waals surface area contributed by atoms with E-state index < -0.39 is 0 Å². The molecule has 0 atom stereocenters. The molecule has 1 aliphatic heterocycles. The molecule has 144 valence electrons. The summed E-state index contributed by atoms with van der Waals surface area (Å²) in [4.78, 5) is 19.9. The molecule has 4 heteroatoms. The molecule has 5 rings (SSSR count). The number of hydrogen-bond acceptors (Lipinski definition) is 3. The zero-order valence-corrected chi connectivity index (χ0v) is 16.4. The zero-order chi connectivity index (χ0) is 19.8. The topological polar surface area (TPSA) is 42.4 Å². The average molecular weight is 382 g/mol. The van der Waals surface area contributed by atoms with Crippen LogP contribution in [0.1, 0.15) is 16.1 Å². The minimum absolute atomic E-state index is 0.0530. The molecule has 0 N–H and O–H groups in total. The molecule has 29 heavy (non-hydrogen) atoms. The molecule has 0 spiro atoms. The number of nitrogens with zero attached hydrogens (tertiary/aromatic N) is 2. The number of fused-ring (bicyclic) bond motifs is 2. The van der Waals surface area contributed by atoms with Crippen molar-refractivity contribution in [2.45, 2.75) is 6.92 Å². The lowest BCUT2D eigenvalue weighted by molar-refractivity contribution is 0.0303. The summed E-state index contributed by atoms with van der Waals surface area (Å²) in [7, 11) is 0. The van der Waals surface area contributed by atoms with Crippen molar-refractivity contribution in [1.82, 2.24) is 9.88 Å². The number of rotatable bonds is 2. The fraction of sp³-hybridized carbons (Fsp3) is 0.200. The number of hydrogen-bond donors (Lipinski definition) is 0. The first-order valence-corrected chi connectivity index (χ1v) is 9.97. The number of aryl methyl sites for hydroxylation is 1. The zero-order valence-electron chi connectivity index (χ0n) is 16.4. The molecule has 4 aromatic rings. The molecule has 0 bridgehead atoms. The second kappa shape index (κ2) is 7.30. The Morgan fingerprint density at radius 1 is 0.897 bits per heavy atom. The SMILES string of the molecule is Cc1ccc2cc(C(=O)N3CCOCC3)cc(-c3cccc4ccccc34)c2n1. The van der Waals surface area contributed by atoms with Crippen LogP contribution < -0.4 is 0 Å². The summed E-state index contributed by atoms with van der Waals surface area (Å²) < 4.78 is 5.41. The van der Waals surface area contributed by atoms with Gasteiger partial charge in [0.15, 0.2) is 0 Å². The van der Waals surface area contributed by atoms with Crippen LogP contribution in [-0.4, -0.2) is 42.1 Å². The lowest BCUT2D eigenvalue weighted by Crippen LogP contribution is -2.40. The molecule has 0 unspecified atom stereocenters. The van der Waals surface area contributed by atoms with Crippen LogP contribution in [-0.2, 0) is 4.74 Å². The molecular weight excluding hydrogens is 360 g/mol. The molecule has 1 aromatic heterocycles. The normalized spacial score (nSPS) is 14.4. The van der Waals surface area contributed by atoms with Crippen molar-refractivity contribution in [2.75, 3.05) is 26.3 Å². The Kier molecular flexibility index (Phi) is 4.49. The summed E-state index contributed by atoms with van der Waals surface area (Å²) in [5.74, 6) is 0.0530. The summed E-state index contributed by atoms with van der Waals surface area (Å²) in [6, 6.07) is 22.7. The third-order valence-electron chi connectivity index (χ3n) is 5.56. The molecule has 1 amide bonds. The minimum atomic E-state index is 0.0530. The number of ether oxygens (including phenoxy) is 1.